The van der Waals surface area contributed by atoms with Crippen LogP contribution in [0.1, 0.15) is 52.4 Å². The van der Waals surface area contributed by atoms with Crippen molar-refractivity contribution in [1.82, 2.24) is 9.80 Å². The smallest absolute Gasteiger partial charge is 0.153 e. The quantitative estimate of drug-likeness (QED) is 0.801. The van der Waals surface area contributed by atoms with Crippen LogP contribution < -0.4 is 0 Å². The molecule has 0 aromatic heterocycles. The lowest BCUT2D eigenvalue weighted by Crippen LogP contribution is -2.59. The minimum atomic E-state index is 0.0340. The van der Waals surface area contributed by atoms with Crippen molar-refractivity contribution in [3.63, 3.8) is 0 Å². The Hall–Kier alpha value is -0.410. The number of hydrogen-bond donors (Lipinski definition) is 0. The van der Waals surface area contributed by atoms with E-state index >= 15 is 0 Å². The molecule has 0 amide bonds. The maximum Gasteiger partial charge on any atom is 0.153 e. The number of piperazine rings is 1. The first-order valence-corrected chi connectivity index (χ1v) is 9.24. The Morgan fingerprint density at radius 3 is 2.09 bits per heavy atom. The van der Waals surface area contributed by atoms with Crippen molar-refractivity contribution in [2.24, 2.45) is 22.2 Å². The Kier molecular flexibility index (Phi) is 3.30. The zero-order valence-electron chi connectivity index (χ0n) is 14.7. The van der Waals surface area contributed by atoms with Gasteiger partial charge in [-0.25, -0.2) is 0 Å². The van der Waals surface area contributed by atoms with E-state index in [1.165, 1.54) is 38.5 Å². The number of ketones is 1. The highest BCUT2D eigenvalue weighted by atomic mass is 16.1. The zero-order valence-corrected chi connectivity index (χ0v) is 14.7. The molecule has 22 heavy (non-hydrogen) atoms. The Morgan fingerprint density at radius 2 is 1.55 bits per heavy atom. The van der Waals surface area contributed by atoms with Gasteiger partial charge in [0.15, 0.2) is 5.78 Å². The van der Waals surface area contributed by atoms with Crippen molar-refractivity contribution in [2.45, 2.75) is 52.4 Å². The number of carbonyl (C=O) groups is 1. The summed E-state index contributed by atoms with van der Waals surface area (Å²) in [5.41, 5.74) is 0.935. The molecule has 0 radical (unpaired) electrons. The summed E-state index contributed by atoms with van der Waals surface area (Å²) in [5.74, 6) is 1.40. The summed E-state index contributed by atoms with van der Waals surface area (Å²) in [6, 6.07) is 0. The van der Waals surface area contributed by atoms with Gasteiger partial charge in [-0.3, -0.25) is 9.69 Å². The van der Waals surface area contributed by atoms with Gasteiger partial charge in [0.1, 0.15) is 0 Å². The summed E-state index contributed by atoms with van der Waals surface area (Å²) in [6.45, 7) is 10.00. The fourth-order valence-corrected chi connectivity index (χ4v) is 7.14. The number of rotatable bonds is 3. The molecule has 2 atom stereocenters. The third kappa shape index (κ3) is 2.45. The van der Waals surface area contributed by atoms with Crippen LogP contribution in [0.25, 0.3) is 0 Å². The highest BCUT2D eigenvalue weighted by Crippen LogP contribution is 2.69. The summed E-state index contributed by atoms with van der Waals surface area (Å²) in [5, 5.41) is 0. The molecule has 5 rings (SSSR count). The maximum atomic E-state index is 13.3. The number of nitrogens with zero attached hydrogens (tertiary/aromatic N) is 2. The number of Topliss-reactive ketones (excluding diaryl/α,β-unsaturated/α-hetero) is 1. The second kappa shape index (κ2) is 4.80. The van der Waals surface area contributed by atoms with E-state index in [2.05, 4.69) is 30.7 Å². The van der Waals surface area contributed by atoms with E-state index in [9.17, 15) is 4.79 Å². The van der Waals surface area contributed by atoms with Gasteiger partial charge in [0.2, 0.25) is 0 Å². The van der Waals surface area contributed by atoms with Crippen LogP contribution in [-0.2, 0) is 4.79 Å². The van der Waals surface area contributed by atoms with Crippen molar-refractivity contribution >= 4 is 5.78 Å². The maximum absolute atomic E-state index is 13.3. The van der Waals surface area contributed by atoms with Crippen molar-refractivity contribution in [2.75, 3.05) is 39.8 Å². The molecule has 124 valence electrons. The summed E-state index contributed by atoms with van der Waals surface area (Å²) in [7, 11) is 2.18. The van der Waals surface area contributed by atoms with Crippen LogP contribution in [0.4, 0.5) is 0 Å². The molecule has 1 heterocycles. The molecule has 0 aromatic rings. The third-order valence-electron chi connectivity index (χ3n) is 7.18. The number of likely N-dealkylation sites (N-methyl/N-ethyl adjacent to an activating group) is 1. The second-order valence-electron chi connectivity index (χ2n) is 9.91. The van der Waals surface area contributed by atoms with Crippen LogP contribution in [0.2, 0.25) is 0 Å². The molecule has 1 saturated heterocycles. The van der Waals surface area contributed by atoms with E-state index in [4.69, 9.17) is 0 Å². The second-order valence-corrected chi connectivity index (χ2v) is 9.91. The van der Waals surface area contributed by atoms with Gasteiger partial charge in [0.25, 0.3) is 0 Å². The predicted molar refractivity (Wildman–Crippen MR) is 88.8 cm³/mol. The van der Waals surface area contributed by atoms with Crippen molar-refractivity contribution < 1.29 is 4.79 Å². The van der Waals surface area contributed by atoms with Crippen LogP contribution in [0, 0.1) is 22.2 Å². The lowest BCUT2D eigenvalue weighted by atomic mass is 9.39. The van der Waals surface area contributed by atoms with E-state index in [-0.39, 0.29) is 5.41 Å². The van der Waals surface area contributed by atoms with Gasteiger partial charge >= 0.3 is 0 Å². The van der Waals surface area contributed by atoms with Crippen LogP contribution in [0.3, 0.4) is 0 Å². The predicted octanol–water partition coefficient (Wildman–Crippen LogP) is 2.80. The van der Waals surface area contributed by atoms with E-state index in [1.807, 2.05) is 0 Å². The van der Waals surface area contributed by atoms with E-state index in [0.29, 0.717) is 23.2 Å². The summed E-state index contributed by atoms with van der Waals surface area (Å²) < 4.78 is 0. The molecule has 0 spiro atoms. The fourth-order valence-electron chi connectivity index (χ4n) is 7.14. The molecule has 5 aliphatic rings. The summed E-state index contributed by atoms with van der Waals surface area (Å²) in [4.78, 5) is 18.1. The first-order chi connectivity index (χ1) is 10.3. The first-order valence-electron chi connectivity index (χ1n) is 9.24. The summed E-state index contributed by atoms with van der Waals surface area (Å²) >= 11 is 0. The molecule has 4 saturated carbocycles. The van der Waals surface area contributed by atoms with Gasteiger partial charge in [-0.15, -0.1) is 0 Å². The molecule has 0 N–H and O–H groups in total. The molecule has 4 aliphatic carbocycles. The highest BCUT2D eigenvalue weighted by molar-refractivity contribution is 5.87. The zero-order chi connectivity index (χ0) is 15.6. The normalized spacial score (nSPS) is 48.8. The molecule has 0 unspecified atom stereocenters. The van der Waals surface area contributed by atoms with Crippen LogP contribution in [-0.4, -0.2) is 55.4 Å². The van der Waals surface area contributed by atoms with Gasteiger partial charge in [-0.05, 0) is 62.3 Å². The Bertz CT molecular complexity index is 462. The van der Waals surface area contributed by atoms with Crippen molar-refractivity contribution in [3.05, 3.63) is 0 Å². The molecular formula is C19H32N2O. The van der Waals surface area contributed by atoms with Gasteiger partial charge in [-0.1, -0.05) is 13.8 Å². The lowest BCUT2D eigenvalue weighted by Gasteiger charge is -2.65. The molecule has 4 bridgehead atoms. The number of hydrogen-bond acceptors (Lipinski definition) is 3. The van der Waals surface area contributed by atoms with Crippen LogP contribution in [0.5, 0.6) is 0 Å². The van der Waals surface area contributed by atoms with Crippen LogP contribution >= 0.6 is 0 Å². The SMILES string of the molecule is CN1CCN(CC(=O)C23CC4C[C@@](C)(C2)C[C@@](C)(C4)C3)CC1. The van der Waals surface area contributed by atoms with Gasteiger partial charge in [0.05, 0.1) is 6.54 Å². The minimum absolute atomic E-state index is 0.0340. The van der Waals surface area contributed by atoms with Gasteiger partial charge < -0.3 is 4.90 Å². The standard InChI is InChI=1S/C19H32N2O/c1-17-8-15-9-18(2,12-17)14-19(10-15,13-17)16(22)11-21-6-4-20(3)5-7-21/h15H,4-14H2,1-3H3/t15?,17-,18-,19?/m1/s1. The first kappa shape index (κ1) is 15.1. The molecule has 1 aliphatic heterocycles. The van der Waals surface area contributed by atoms with Crippen LogP contribution in [0.15, 0.2) is 0 Å². The topological polar surface area (TPSA) is 23.6 Å². The highest BCUT2D eigenvalue weighted by Gasteiger charge is 2.62. The fraction of sp³-hybridized carbons (Fsp3) is 0.947. The molecule has 5 fully saturated rings. The minimum Gasteiger partial charge on any atom is -0.304 e. The van der Waals surface area contributed by atoms with Gasteiger partial charge in [0, 0.05) is 31.6 Å². The molecular weight excluding hydrogens is 272 g/mol. The Balaban J connectivity index is 1.50. The average Bonchev–Trinajstić information content (AvgIpc) is 2.37. The van der Waals surface area contributed by atoms with E-state index < -0.39 is 0 Å². The Labute approximate surface area is 135 Å². The molecule has 0 aromatic carbocycles. The van der Waals surface area contributed by atoms with Gasteiger partial charge in [-0.2, -0.15) is 0 Å². The third-order valence-corrected chi connectivity index (χ3v) is 7.18. The van der Waals surface area contributed by atoms with E-state index in [0.717, 1.165) is 32.1 Å². The lowest BCUT2D eigenvalue weighted by molar-refractivity contribution is -0.169. The largest absolute Gasteiger partial charge is 0.304 e. The summed E-state index contributed by atoms with van der Waals surface area (Å²) in [6.07, 6.45) is 7.68. The van der Waals surface area contributed by atoms with Crippen molar-refractivity contribution in [3.8, 4) is 0 Å². The van der Waals surface area contributed by atoms with Crippen molar-refractivity contribution in [1.29, 1.82) is 0 Å². The van der Waals surface area contributed by atoms with E-state index in [1.54, 1.807) is 0 Å². The average molecular weight is 304 g/mol. The monoisotopic (exact) mass is 304 g/mol. The molecule has 3 nitrogen and oxygen atoms in total. The number of carbonyl (C=O) groups excluding carboxylic acids is 1. The molecule has 3 heteroatoms. The Morgan fingerprint density at radius 1 is 0.955 bits per heavy atom.